The molecule has 2 nitrogen and oxygen atoms in total. The van der Waals surface area contributed by atoms with E-state index in [1.165, 1.54) is 12.2 Å². The van der Waals surface area contributed by atoms with Crippen LogP contribution in [0.4, 0.5) is 0 Å². The fourth-order valence-electron chi connectivity index (χ4n) is 2.49. The Labute approximate surface area is 75.6 Å². The van der Waals surface area contributed by atoms with Crippen LogP contribution in [-0.2, 0) is 9.59 Å². The van der Waals surface area contributed by atoms with E-state index in [1.54, 1.807) is 0 Å². The Morgan fingerprint density at radius 2 is 1.38 bits per heavy atom. The third kappa shape index (κ3) is 0.730. The monoisotopic (exact) mass is 172 g/mol. The summed E-state index contributed by atoms with van der Waals surface area (Å²) in [7, 11) is 0. The van der Waals surface area contributed by atoms with E-state index in [-0.39, 0.29) is 23.4 Å². The van der Waals surface area contributed by atoms with Crippen LogP contribution in [0.15, 0.2) is 35.5 Å². The summed E-state index contributed by atoms with van der Waals surface area (Å²) >= 11 is 0. The maximum atomic E-state index is 11.5. The van der Waals surface area contributed by atoms with Crippen molar-refractivity contribution >= 4 is 11.6 Å². The zero-order chi connectivity index (χ0) is 9.00. The van der Waals surface area contributed by atoms with E-state index in [2.05, 4.69) is 0 Å². The molecule has 0 radical (unpaired) electrons. The Balaban J connectivity index is 2.19. The first-order valence-electron chi connectivity index (χ1n) is 4.46. The number of fused-ring (bicyclic) bond motifs is 4. The van der Waals surface area contributed by atoms with Gasteiger partial charge in [-0.25, -0.2) is 0 Å². The molecule has 0 spiro atoms. The van der Waals surface area contributed by atoms with Crippen molar-refractivity contribution < 1.29 is 9.59 Å². The van der Waals surface area contributed by atoms with Crippen molar-refractivity contribution in [2.45, 2.75) is 6.42 Å². The third-order valence-electron chi connectivity index (χ3n) is 3.03. The molecule has 0 aromatic rings. The Bertz CT molecular complexity index is 374. The predicted molar refractivity (Wildman–Crippen MR) is 46.9 cm³/mol. The summed E-state index contributed by atoms with van der Waals surface area (Å²) in [6, 6.07) is 0. The summed E-state index contributed by atoms with van der Waals surface area (Å²) in [5.74, 6) is 0.515. The molecule has 2 unspecified atom stereocenters. The van der Waals surface area contributed by atoms with Crippen LogP contribution in [0, 0.1) is 11.8 Å². The van der Waals surface area contributed by atoms with Gasteiger partial charge in [0.15, 0.2) is 11.6 Å². The van der Waals surface area contributed by atoms with Crippen molar-refractivity contribution in [3.8, 4) is 0 Å². The molecule has 3 aliphatic rings. The summed E-state index contributed by atoms with van der Waals surface area (Å²) in [6.07, 6.45) is 7.83. The molecule has 0 amide bonds. The number of ketones is 2. The lowest BCUT2D eigenvalue weighted by atomic mass is 9.87. The summed E-state index contributed by atoms with van der Waals surface area (Å²) in [5, 5.41) is 0. The van der Waals surface area contributed by atoms with Gasteiger partial charge in [-0.15, -0.1) is 0 Å². The lowest BCUT2D eigenvalue weighted by molar-refractivity contribution is -0.115. The first-order valence-corrected chi connectivity index (χ1v) is 4.46. The second-order valence-corrected chi connectivity index (χ2v) is 3.72. The highest BCUT2D eigenvalue weighted by Crippen LogP contribution is 2.45. The van der Waals surface area contributed by atoms with E-state index in [0.29, 0.717) is 0 Å². The number of allylic oxidation sites excluding steroid dienone is 6. The summed E-state index contributed by atoms with van der Waals surface area (Å²) in [5.41, 5.74) is 1.53. The number of carbonyl (C=O) groups excluding carboxylic acids is 2. The highest BCUT2D eigenvalue weighted by Gasteiger charge is 2.41. The van der Waals surface area contributed by atoms with Gasteiger partial charge in [-0.3, -0.25) is 9.59 Å². The fraction of sp³-hybridized carbons (Fsp3) is 0.273. The summed E-state index contributed by atoms with van der Waals surface area (Å²) < 4.78 is 0. The van der Waals surface area contributed by atoms with E-state index in [9.17, 15) is 9.59 Å². The average Bonchev–Trinajstić information content (AvgIpc) is 2.70. The van der Waals surface area contributed by atoms with E-state index in [0.717, 1.165) is 17.6 Å². The van der Waals surface area contributed by atoms with Gasteiger partial charge in [-0.05, 0) is 18.6 Å². The van der Waals surface area contributed by atoms with Crippen LogP contribution in [-0.4, -0.2) is 11.6 Å². The van der Waals surface area contributed by atoms with Gasteiger partial charge in [-0.1, -0.05) is 12.2 Å². The number of hydrogen-bond donors (Lipinski definition) is 0. The van der Waals surface area contributed by atoms with Crippen molar-refractivity contribution in [3.63, 3.8) is 0 Å². The Morgan fingerprint density at radius 3 is 1.85 bits per heavy atom. The van der Waals surface area contributed by atoms with Crippen molar-refractivity contribution in [1.82, 2.24) is 0 Å². The first-order chi connectivity index (χ1) is 6.27. The summed E-state index contributed by atoms with van der Waals surface area (Å²) in [4.78, 5) is 23.0. The Morgan fingerprint density at radius 1 is 0.923 bits per heavy atom. The van der Waals surface area contributed by atoms with Crippen LogP contribution in [0.1, 0.15) is 6.42 Å². The van der Waals surface area contributed by atoms with Crippen LogP contribution in [0.2, 0.25) is 0 Å². The molecule has 3 aliphatic carbocycles. The molecule has 2 atom stereocenters. The molecule has 3 rings (SSSR count). The molecular weight excluding hydrogens is 164 g/mol. The average molecular weight is 172 g/mol. The van der Waals surface area contributed by atoms with Crippen LogP contribution in [0.25, 0.3) is 0 Å². The van der Waals surface area contributed by atoms with Gasteiger partial charge in [0.05, 0.1) is 0 Å². The number of carbonyl (C=O) groups is 2. The molecule has 0 saturated heterocycles. The van der Waals surface area contributed by atoms with E-state index in [1.807, 2.05) is 12.2 Å². The van der Waals surface area contributed by atoms with Gasteiger partial charge in [0.2, 0.25) is 0 Å². The molecule has 64 valence electrons. The molecule has 2 bridgehead atoms. The standard InChI is InChI=1S/C11H8O2/c12-8-3-4-9(13)11-7-2-1-6(5-7)10(8)11/h1-4,6-7H,5H2. The minimum Gasteiger partial charge on any atom is -0.290 e. The van der Waals surface area contributed by atoms with Gasteiger partial charge < -0.3 is 0 Å². The second kappa shape index (κ2) is 2.08. The van der Waals surface area contributed by atoms with E-state index in [4.69, 9.17) is 0 Å². The highest BCUT2D eigenvalue weighted by atomic mass is 16.1. The zero-order valence-electron chi connectivity index (χ0n) is 6.99. The first kappa shape index (κ1) is 7.01. The highest BCUT2D eigenvalue weighted by molar-refractivity contribution is 6.21. The minimum absolute atomic E-state index is 0.0338. The van der Waals surface area contributed by atoms with E-state index < -0.39 is 0 Å². The molecule has 13 heavy (non-hydrogen) atoms. The van der Waals surface area contributed by atoms with Gasteiger partial charge in [0, 0.05) is 23.0 Å². The molecule has 0 aromatic heterocycles. The largest absolute Gasteiger partial charge is 0.290 e. The fourth-order valence-corrected chi connectivity index (χ4v) is 2.49. The predicted octanol–water partition coefficient (Wildman–Crippen LogP) is 1.20. The lowest BCUT2D eigenvalue weighted by Crippen LogP contribution is -2.17. The maximum absolute atomic E-state index is 11.5. The van der Waals surface area contributed by atoms with Crippen molar-refractivity contribution in [3.05, 3.63) is 35.5 Å². The quantitative estimate of drug-likeness (QED) is 0.406. The topological polar surface area (TPSA) is 34.1 Å². The molecule has 0 saturated carbocycles. The zero-order valence-corrected chi connectivity index (χ0v) is 6.99. The van der Waals surface area contributed by atoms with Crippen molar-refractivity contribution in [2.75, 3.05) is 0 Å². The number of rotatable bonds is 0. The molecular formula is C11H8O2. The molecule has 0 fully saturated rings. The molecule has 0 aliphatic heterocycles. The van der Waals surface area contributed by atoms with Crippen molar-refractivity contribution in [2.24, 2.45) is 11.8 Å². The molecule has 0 heterocycles. The molecule has 0 aromatic carbocycles. The normalized spacial score (nSPS) is 34.8. The third-order valence-corrected chi connectivity index (χ3v) is 3.03. The minimum atomic E-state index is 0.0338. The molecule has 2 heteroatoms. The van der Waals surface area contributed by atoms with Crippen LogP contribution >= 0.6 is 0 Å². The summed E-state index contributed by atoms with van der Waals surface area (Å²) in [6.45, 7) is 0. The van der Waals surface area contributed by atoms with Gasteiger partial charge >= 0.3 is 0 Å². The smallest absolute Gasteiger partial charge is 0.182 e. The van der Waals surface area contributed by atoms with Crippen LogP contribution in [0.3, 0.4) is 0 Å². The van der Waals surface area contributed by atoms with Crippen molar-refractivity contribution in [1.29, 1.82) is 0 Å². The Kier molecular flexibility index (Phi) is 1.12. The Hall–Kier alpha value is -1.44. The lowest BCUT2D eigenvalue weighted by Gasteiger charge is -2.14. The SMILES string of the molecule is O=C1C=CC(=O)C2=C1C1C=CC2C1. The van der Waals surface area contributed by atoms with Gasteiger partial charge in [-0.2, -0.15) is 0 Å². The maximum Gasteiger partial charge on any atom is 0.182 e. The van der Waals surface area contributed by atoms with Gasteiger partial charge in [0.25, 0.3) is 0 Å². The van der Waals surface area contributed by atoms with Crippen LogP contribution < -0.4 is 0 Å². The van der Waals surface area contributed by atoms with Crippen LogP contribution in [0.5, 0.6) is 0 Å². The molecule has 0 N–H and O–H groups in total. The van der Waals surface area contributed by atoms with E-state index >= 15 is 0 Å². The second-order valence-electron chi connectivity index (χ2n) is 3.72. The number of hydrogen-bond acceptors (Lipinski definition) is 2. The van der Waals surface area contributed by atoms with Gasteiger partial charge in [0.1, 0.15) is 0 Å².